The van der Waals surface area contributed by atoms with E-state index in [0.717, 1.165) is 24.8 Å². The Labute approximate surface area is 169 Å². The minimum Gasteiger partial charge on any atom is -0.368 e. The maximum atomic E-state index is 13.8. The zero-order valence-electron chi connectivity index (χ0n) is 15.9. The van der Waals surface area contributed by atoms with Gasteiger partial charge in [0, 0.05) is 10.6 Å². The summed E-state index contributed by atoms with van der Waals surface area (Å²) in [6.07, 6.45) is 3.31. The monoisotopic (exact) mass is 397 g/mol. The third kappa shape index (κ3) is 5.50. The summed E-state index contributed by atoms with van der Waals surface area (Å²) in [4.78, 5) is 13.5. The fourth-order valence-corrected chi connectivity index (χ4v) is 3.76. The van der Waals surface area contributed by atoms with Crippen LogP contribution in [0.25, 0.3) is 0 Å². The van der Waals surface area contributed by atoms with Crippen LogP contribution in [-0.2, 0) is 11.3 Å². The topological polar surface area (TPSA) is 38.3 Å². The molecule has 28 heavy (non-hydrogen) atoms. The summed E-state index contributed by atoms with van der Waals surface area (Å²) >= 11 is 1.71. The summed E-state index contributed by atoms with van der Waals surface area (Å²) in [5.74, 6) is -0.996. The summed E-state index contributed by atoms with van der Waals surface area (Å²) in [7, 11) is 0. The molecule has 0 saturated carbocycles. The lowest BCUT2D eigenvalue weighted by atomic mass is 10.1. The molecular formula is C23H24FNO2S. The Kier molecular flexibility index (Phi) is 7.34. The summed E-state index contributed by atoms with van der Waals surface area (Å²) < 4.78 is 20.0. The molecule has 1 aromatic heterocycles. The zero-order chi connectivity index (χ0) is 19.8. The number of carbonyl (C=O) groups is 1. The summed E-state index contributed by atoms with van der Waals surface area (Å²) in [6.45, 7) is 2.63. The van der Waals surface area contributed by atoms with Gasteiger partial charge in [-0.3, -0.25) is 4.79 Å². The molecular weight excluding hydrogens is 373 g/mol. The van der Waals surface area contributed by atoms with E-state index in [1.807, 2.05) is 24.3 Å². The molecule has 3 aromatic rings. The molecule has 0 aliphatic carbocycles. The first-order valence-corrected chi connectivity index (χ1v) is 10.3. The summed E-state index contributed by atoms with van der Waals surface area (Å²) in [5.41, 5.74) is 1.61. The third-order valence-electron chi connectivity index (χ3n) is 4.43. The molecule has 3 rings (SSSR count). The van der Waals surface area contributed by atoms with E-state index in [1.54, 1.807) is 29.5 Å². The van der Waals surface area contributed by atoms with Crippen LogP contribution in [0.2, 0.25) is 0 Å². The van der Waals surface area contributed by atoms with E-state index in [0.29, 0.717) is 12.3 Å². The predicted octanol–water partition coefficient (Wildman–Crippen LogP) is 6.59. The molecule has 0 aliphatic heterocycles. The second kappa shape index (κ2) is 10.2. The van der Waals surface area contributed by atoms with Crippen LogP contribution >= 0.6 is 11.3 Å². The van der Waals surface area contributed by atoms with Gasteiger partial charge in [-0.1, -0.05) is 50.1 Å². The Balaban J connectivity index is 1.64. The number of carbonyl (C=O) groups excluding carboxylic acids is 1. The van der Waals surface area contributed by atoms with Gasteiger partial charge >= 0.3 is 0 Å². The molecule has 1 atom stereocenters. The number of thiophene rings is 1. The fourth-order valence-electron chi connectivity index (χ4n) is 2.95. The molecule has 1 unspecified atom stereocenters. The van der Waals surface area contributed by atoms with E-state index in [9.17, 15) is 9.18 Å². The Morgan fingerprint density at radius 1 is 1.14 bits per heavy atom. The van der Waals surface area contributed by atoms with Gasteiger partial charge in [-0.2, -0.15) is 0 Å². The maximum absolute atomic E-state index is 13.8. The largest absolute Gasteiger partial charge is 0.368 e. The number of halogens is 1. The first-order chi connectivity index (χ1) is 13.7. The van der Waals surface area contributed by atoms with E-state index in [1.165, 1.54) is 17.0 Å². The smallest absolute Gasteiger partial charge is 0.258 e. The molecule has 2 aromatic carbocycles. The Hall–Kier alpha value is -2.50. The van der Waals surface area contributed by atoms with E-state index >= 15 is 0 Å². The van der Waals surface area contributed by atoms with Gasteiger partial charge in [0.15, 0.2) is 0 Å². The highest BCUT2D eigenvalue weighted by atomic mass is 32.1. The SMILES string of the molecule is CCCCC(OCc1cccc(NC(=O)c2ccccc2F)c1)c1cccs1. The van der Waals surface area contributed by atoms with Crippen molar-refractivity contribution in [2.45, 2.75) is 38.9 Å². The van der Waals surface area contributed by atoms with Crippen LogP contribution in [0.3, 0.4) is 0 Å². The van der Waals surface area contributed by atoms with Crippen molar-refractivity contribution in [1.82, 2.24) is 0 Å². The molecule has 0 spiro atoms. The quantitative estimate of drug-likeness (QED) is 0.442. The van der Waals surface area contributed by atoms with Gasteiger partial charge in [0.2, 0.25) is 0 Å². The van der Waals surface area contributed by atoms with Gasteiger partial charge in [-0.05, 0) is 47.7 Å². The Bertz CT molecular complexity index is 895. The number of amides is 1. The molecule has 0 saturated heterocycles. The minimum absolute atomic E-state index is 0.0291. The molecule has 5 heteroatoms. The van der Waals surface area contributed by atoms with E-state index in [4.69, 9.17) is 4.74 Å². The molecule has 0 bridgehead atoms. The number of hydrogen-bond acceptors (Lipinski definition) is 3. The lowest BCUT2D eigenvalue weighted by molar-refractivity contribution is 0.0348. The maximum Gasteiger partial charge on any atom is 0.258 e. The van der Waals surface area contributed by atoms with E-state index in [-0.39, 0.29) is 11.7 Å². The molecule has 1 N–H and O–H groups in total. The molecule has 0 fully saturated rings. The second-order valence-electron chi connectivity index (χ2n) is 6.59. The number of nitrogens with one attached hydrogen (secondary N) is 1. The number of anilines is 1. The lowest BCUT2D eigenvalue weighted by Crippen LogP contribution is -2.13. The van der Waals surface area contributed by atoms with Crippen molar-refractivity contribution in [3.05, 3.63) is 87.9 Å². The van der Waals surface area contributed by atoms with Gasteiger partial charge in [0.25, 0.3) is 5.91 Å². The highest BCUT2D eigenvalue weighted by molar-refractivity contribution is 7.10. The van der Waals surface area contributed by atoms with Gasteiger partial charge in [0.1, 0.15) is 5.82 Å². The van der Waals surface area contributed by atoms with Crippen molar-refractivity contribution in [2.24, 2.45) is 0 Å². The van der Waals surface area contributed by atoms with Crippen molar-refractivity contribution in [1.29, 1.82) is 0 Å². The van der Waals surface area contributed by atoms with E-state index in [2.05, 4.69) is 23.7 Å². The second-order valence-corrected chi connectivity index (χ2v) is 7.57. The predicted molar refractivity (Wildman–Crippen MR) is 112 cm³/mol. The Morgan fingerprint density at radius 3 is 2.75 bits per heavy atom. The summed E-state index contributed by atoms with van der Waals surface area (Å²) in [5, 5.41) is 4.82. The van der Waals surface area contributed by atoms with Gasteiger partial charge in [0.05, 0.1) is 18.3 Å². The number of ether oxygens (including phenoxy) is 1. The van der Waals surface area contributed by atoms with Crippen LogP contribution in [-0.4, -0.2) is 5.91 Å². The van der Waals surface area contributed by atoms with Crippen LogP contribution in [0, 0.1) is 5.82 Å². The van der Waals surface area contributed by atoms with Crippen molar-refractivity contribution < 1.29 is 13.9 Å². The zero-order valence-corrected chi connectivity index (χ0v) is 16.7. The van der Waals surface area contributed by atoms with Crippen molar-refractivity contribution >= 4 is 22.9 Å². The average molecular weight is 398 g/mol. The van der Waals surface area contributed by atoms with Crippen molar-refractivity contribution in [2.75, 3.05) is 5.32 Å². The lowest BCUT2D eigenvalue weighted by Gasteiger charge is -2.17. The Morgan fingerprint density at radius 2 is 2.00 bits per heavy atom. The first-order valence-electron chi connectivity index (χ1n) is 9.47. The molecule has 0 aliphatic rings. The minimum atomic E-state index is -0.533. The van der Waals surface area contributed by atoms with Gasteiger partial charge in [-0.15, -0.1) is 11.3 Å². The van der Waals surface area contributed by atoms with Crippen LogP contribution in [0.4, 0.5) is 10.1 Å². The van der Waals surface area contributed by atoms with E-state index < -0.39 is 11.7 Å². The first kappa shape index (κ1) is 20.2. The number of unbranched alkanes of at least 4 members (excludes halogenated alkanes) is 1. The normalized spacial score (nSPS) is 11.9. The summed E-state index contributed by atoms with van der Waals surface area (Å²) in [6, 6.07) is 17.6. The van der Waals surface area contributed by atoms with Crippen LogP contribution in [0.5, 0.6) is 0 Å². The standard InChI is InChI=1S/C23H24FNO2S/c1-2-3-12-21(22-13-7-14-28-22)27-16-17-8-6-9-18(15-17)25-23(26)19-10-4-5-11-20(19)24/h4-11,13-15,21H,2-3,12,16H2,1H3,(H,25,26). The highest BCUT2D eigenvalue weighted by Crippen LogP contribution is 2.28. The average Bonchev–Trinajstić information content (AvgIpc) is 3.23. The van der Waals surface area contributed by atoms with Crippen LogP contribution < -0.4 is 5.32 Å². The molecule has 1 amide bonds. The van der Waals surface area contributed by atoms with Gasteiger partial charge in [-0.25, -0.2) is 4.39 Å². The van der Waals surface area contributed by atoms with Crippen molar-refractivity contribution in [3.63, 3.8) is 0 Å². The number of benzene rings is 2. The van der Waals surface area contributed by atoms with Crippen molar-refractivity contribution in [3.8, 4) is 0 Å². The molecule has 0 radical (unpaired) electrons. The molecule has 3 nitrogen and oxygen atoms in total. The molecule has 146 valence electrons. The molecule has 1 heterocycles. The van der Waals surface area contributed by atoms with Gasteiger partial charge < -0.3 is 10.1 Å². The third-order valence-corrected chi connectivity index (χ3v) is 5.40. The number of hydrogen-bond donors (Lipinski definition) is 1. The fraction of sp³-hybridized carbons (Fsp3) is 0.261. The highest BCUT2D eigenvalue weighted by Gasteiger charge is 2.14. The number of rotatable bonds is 9. The van der Waals surface area contributed by atoms with Crippen LogP contribution in [0.1, 0.15) is 53.1 Å². The van der Waals surface area contributed by atoms with Crippen LogP contribution in [0.15, 0.2) is 66.0 Å².